The molecule has 0 amide bonds. The molecule has 0 saturated carbocycles. The smallest absolute Gasteiger partial charge is 0.189 e. The van der Waals surface area contributed by atoms with Crippen LogP contribution in [0.1, 0.15) is 69.2 Å². The highest BCUT2D eigenvalue weighted by Gasteiger charge is 2.43. The van der Waals surface area contributed by atoms with Crippen molar-refractivity contribution in [3.63, 3.8) is 0 Å². The SMILES string of the molecule is CCCCCCCC[n+]1cccc(C2OCC3(COC(c4cccnc4)OC3)CO2)c1. The zero-order valence-corrected chi connectivity index (χ0v) is 18.6. The van der Waals surface area contributed by atoms with Crippen molar-refractivity contribution in [2.75, 3.05) is 26.4 Å². The van der Waals surface area contributed by atoms with Gasteiger partial charge in [-0.3, -0.25) is 4.98 Å². The van der Waals surface area contributed by atoms with Gasteiger partial charge in [0.1, 0.15) is 6.54 Å². The van der Waals surface area contributed by atoms with Crippen LogP contribution in [0.2, 0.25) is 0 Å². The van der Waals surface area contributed by atoms with E-state index in [1.807, 2.05) is 12.1 Å². The van der Waals surface area contributed by atoms with Gasteiger partial charge in [0, 0.05) is 30.4 Å². The fraction of sp³-hybridized carbons (Fsp3) is 0.600. The quantitative estimate of drug-likeness (QED) is 0.435. The Balaban J connectivity index is 1.24. The molecule has 0 bridgehead atoms. The maximum absolute atomic E-state index is 6.12. The van der Waals surface area contributed by atoms with E-state index in [-0.39, 0.29) is 18.0 Å². The molecule has 2 aliphatic heterocycles. The van der Waals surface area contributed by atoms with Crippen LogP contribution in [-0.2, 0) is 25.5 Å². The summed E-state index contributed by atoms with van der Waals surface area (Å²) in [6, 6.07) is 8.01. The van der Waals surface area contributed by atoms with Gasteiger partial charge in [0.2, 0.25) is 0 Å². The van der Waals surface area contributed by atoms with E-state index in [1.165, 1.54) is 38.5 Å². The maximum atomic E-state index is 6.12. The maximum Gasteiger partial charge on any atom is 0.189 e. The van der Waals surface area contributed by atoms with Gasteiger partial charge in [-0.1, -0.05) is 38.7 Å². The molecule has 2 aromatic heterocycles. The number of aromatic nitrogens is 2. The Labute approximate surface area is 185 Å². The molecule has 6 heteroatoms. The van der Waals surface area contributed by atoms with E-state index in [2.05, 4.69) is 41.0 Å². The first kappa shape index (κ1) is 22.3. The fourth-order valence-electron chi connectivity index (χ4n) is 4.15. The Bertz CT molecular complexity index is 783. The molecule has 2 aliphatic rings. The molecule has 1 spiro atoms. The predicted octanol–water partition coefficient (Wildman–Crippen LogP) is 4.51. The first-order chi connectivity index (χ1) is 15.3. The second-order valence-corrected chi connectivity index (χ2v) is 8.84. The Kier molecular flexibility index (Phi) is 8.03. The van der Waals surface area contributed by atoms with Gasteiger partial charge in [-0.25, -0.2) is 4.57 Å². The molecule has 2 fully saturated rings. The molecule has 2 saturated heterocycles. The van der Waals surface area contributed by atoms with Gasteiger partial charge in [0.25, 0.3) is 0 Å². The fourth-order valence-corrected chi connectivity index (χ4v) is 4.15. The van der Waals surface area contributed by atoms with Gasteiger partial charge in [0.15, 0.2) is 25.0 Å². The van der Waals surface area contributed by atoms with Crippen LogP contribution in [0.4, 0.5) is 0 Å². The van der Waals surface area contributed by atoms with Crippen molar-refractivity contribution in [2.24, 2.45) is 5.41 Å². The van der Waals surface area contributed by atoms with Crippen molar-refractivity contribution >= 4 is 0 Å². The van der Waals surface area contributed by atoms with E-state index in [0.717, 1.165) is 17.7 Å². The number of hydrogen-bond acceptors (Lipinski definition) is 5. The van der Waals surface area contributed by atoms with Crippen molar-refractivity contribution in [3.05, 3.63) is 60.2 Å². The number of hydrogen-bond donors (Lipinski definition) is 0. The summed E-state index contributed by atoms with van der Waals surface area (Å²) < 4.78 is 26.4. The van der Waals surface area contributed by atoms with Crippen LogP contribution in [-0.4, -0.2) is 31.4 Å². The molecule has 2 aromatic rings. The molecule has 4 heterocycles. The van der Waals surface area contributed by atoms with Crippen LogP contribution >= 0.6 is 0 Å². The summed E-state index contributed by atoms with van der Waals surface area (Å²) in [5.41, 5.74) is 1.75. The number of unbranched alkanes of at least 4 members (excludes halogenated alkanes) is 5. The lowest BCUT2D eigenvalue weighted by Gasteiger charge is -2.43. The second-order valence-electron chi connectivity index (χ2n) is 8.84. The number of aryl methyl sites for hydroxylation is 1. The van der Waals surface area contributed by atoms with Gasteiger partial charge >= 0.3 is 0 Å². The number of pyridine rings is 2. The van der Waals surface area contributed by atoms with Crippen LogP contribution < -0.4 is 4.57 Å². The van der Waals surface area contributed by atoms with E-state index in [9.17, 15) is 0 Å². The molecule has 168 valence electrons. The molecule has 0 radical (unpaired) electrons. The van der Waals surface area contributed by atoms with Crippen LogP contribution in [0.25, 0.3) is 0 Å². The lowest BCUT2D eigenvalue weighted by molar-refractivity contribution is -0.698. The average molecular weight is 428 g/mol. The molecule has 0 N–H and O–H groups in total. The Morgan fingerprint density at radius 2 is 1.52 bits per heavy atom. The minimum Gasteiger partial charge on any atom is -0.347 e. The summed E-state index contributed by atoms with van der Waals surface area (Å²) in [7, 11) is 0. The van der Waals surface area contributed by atoms with Gasteiger partial charge in [-0.05, 0) is 18.6 Å². The van der Waals surface area contributed by atoms with Crippen molar-refractivity contribution in [1.29, 1.82) is 0 Å². The number of rotatable bonds is 9. The first-order valence-electron chi connectivity index (χ1n) is 11.6. The van der Waals surface area contributed by atoms with Crippen LogP contribution in [0, 0.1) is 5.41 Å². The minimum absolute atomic E-state index is 0.252. The standard InChI is InChI=1S/C25H35N2O4/c1-2-3-4-5-6-7-13-27-14-9-11-22(16-27)24-30-19-25(20-31-24)17-28-23(29-18-25)21-10-8-12-26-15-21/h8-12,14-16,23-24H,2-7,13,17-20H2,1H3/q+1. The molecule has 0 unspecified atom stereocenters. The van der Waals surface area contributed by atoms with Crippen molar-refractivity contribution in [3.8, 4) is 0 Å². The highest BCUT2D eigenvalue weighted by Crippen LogP contribution is 2.37. The van der Waals surface area contributed by atoms with Crippen molar-refractivity contribution < 1.29 is 23.5 Å². The van der Waals surface area contributed by atoms with E-state index < -0.39 is 0 Å². The van der Waals surface area contributed by atoms with Crippen LogP contribution in [0.15, 0.2) is 49.1 Å². The lowest BCUT2D eigenvalue weighted by atomic mass is 9.90. The normalized spacial score (nSPS) is 26.2. The Hall–Kier alpha value is -1.86. The van der Waals surface area contributed by atoms with Gasteiger partial charge in [-0.15, -0.1) is 0 Å². The van der Waals surface area contributed by atoms with E-state index in [1.54, 1.807) is 12.4 Å². The summed E-state index contributed by atoms with van der Waals surface area (Å²) in [5.74, 6) is 0. The van der Waals surface area contributed by atoms with Crippen molar-refractivity contribution in [2.45, 2.75) is 64.6 Å². The largest absolute Gasteiger partial charge is 0.347 e. The monoisotopic (exact) mass is 427 g/mol. The van der Waals surface area contributed by atoms with Crippen LogP contribution in [0.3, 0.4) is 0 Å². The highest BCUT2D eigenvalue weighted by atomic mass is 16.7. The zero-order chi connectivity index (χ0) is 21.4. The average Bonchev–Trinajstić information content (AvgIpc) is 2.83. The molecular weight excluding hydrogens is 392 g/mol. The third-order valence-corrected chi connectivity index (χ3v) is 6.04. The van der Waals surface area contributed by atoms with Crippen LogP contribution in [0.5, 0.6) is 0 Å². The summed E-state index contributed by atoms with van der Waals surface area (Å²) in [6.07, 6.45) is 14.9. The molecule has 0 aliphatic carbocycles. The second kappa shape index (κ2) is 11.1. The van der Waals surface area contributed by atoms with E-state index in [4.69, 9.17) is 18.9 Å². The number of ether oxygens (including phenoxy) is 4. The van der Waals surface area contributed by atoms with Gasteiger partial charge < -0.3 is 18.9 Å². The summed E-state index contributed by atoms with van der Waals surface area (Å²) in [4.78, 5) is 4.14. The van der Waals surface area contributed by atoms with E-state index >= 15 is 0 Å². The third-order valence-electron chi connectivity index (χ3n) is 6.04. The summed E-state index contributed by atoms with van der Waals surface area (Å²) >= 11 is 0. The molecule has 0 atom stereocenters. The summed E-state index contributed by atoms with van der Waals surface area (Å²) in [6.45, 7) is 5.51. The molecule has 6 nitrogen and oxygen atoms in total. The first-order valence-corrected chi connectivity index (χ1v) is 11.6. The highest BCUT2D eigenvalue weighted by molar-refractivity contribution is 5.11. The minimum atomic E-state index is -0.368. The van der Waals surface area contributed by atoms with E-state index in [0.29, 0.717) is 26.4 Å². The molecule has 0 aromatic carbocycles. The predicted molar refractivity (Wildman–Crippen MR) is 116 cm³/mol. The lowest BCUT2D eigenvalue weighted by Crippen LogP contribution is -2.49. The Morgan fingerprint density at radius 1 is 0.871 bits per heavy atom. The summed E-state index contributed by atoms with van der Waals surface area (Å²) in [5, 5.41) is 0. The number of nitrogens with zero attached hydrogens (tertiary/aromatic N) is 2. The zero-order valence-electron chi connectivity index (χ0n) is 18.6. The van der Waals surface area contributed by atoms with Gasteiger partial charge in [-0.2, -0.15) is 0 Å². The van der Waals surface area contributed by atoms with Crippen molar-refractivity contribution in [1.82, 2.24) is 4.98 Å². The Morgan fingerprint density at radius 3 is 2.19 bits per heavy atom. The molecular formula is C25H35N2O4+. The topological polar surface area (TPSA) is 53.7 Å². The molecule has 4 rings (SSSR count). The molecule has 31 heavy (non-hydrogen) atoms. The van der Waals surface area contributed by atoms with Gasteiger partial charge in [0.05, 0.1) is 37.4 Å². The third kappa shape index (κ3) is 6.10.